The van der Waals surface area contributed by atoms with E-state index in [1.54, 1.807) is 5.56 Å². The van der Waals surface area contributed by atoms with Crippen LogP contribution in [0.4, 0.5) is 0 Å². The van der Waals surface area contributed by atoms with Crippen LogP contribution in [0.2, 0.25) is 0 Å². The summed E-state index contributed by atoms with van der Waals surface area (Å²) in [5.74, 6) is 0.556. The maximum atomic E-state index is 3.78. The van der Waals surface area contributed by atoms with Crippen molar-refractivity contribution in [3.8, 4) is 0 Å². The van der Waals surface area contributed by atoms with Gasteiger partial charge in [0.15, 0.2) is 0 Å². The predicted molar refractivity (Wildman–Crippen MR) is 120 cm³/mol. The normalized spacial score (nSPS) is 18.6. The van der Waals surface area contributed by atoms with Crippen molar-refractivity contribution in [1.82, 2.24) is 0 Å². The Bertz CT molecular complexity index is 1170. The number of hydrogen-bond acceptors (Lipinski definition) is 0. The van der Waals surface area contributed by atoms with Crippen molar-refractivity contribution >= 4 is 37.5 Å². The molecule has 27 heavy (non-hydrogen) atoms. The van der Waals surface area contributed by atoms with Crippen LogP contribution in [0.1, 0.15) is 42.9 Å². The molecule has 0 saturated heterocycles. The molecule has 0 aromatic heterocycles. The topological polar surface area (TPSA) is 0 Å². The molecular formula is C26H23Br. The highest BCUT2D eigenvalue weighted by Gasteiger charge is 2.35. The SMILES string of the molecule is CC1(C)CC(c2ccccc2Br)Cc2ccc3c(ccc4ccccc43)c21. The van der Waals surface area contributed by atoms with Gasteiger partial charge >= 0.3 is 0 Å². The van der Waals surface area contributed by atoms with E-state index in [4.69, 9.17) is 0 Å². The van der Waals surface area contributed by atoms with Crippen LogP contribution in [0.25, 0.3) is 21.5 Å². The molecule has 0 heterocycles. The van der Waals surface area contributed by atoms with Crippen LogP contribution in [0.15, 0.2) is 77.3 Å². The van der Waals surface area contributed by atoms with Crippen molar-refractivity contribution in [2.24, 2.45) is 0 Å². The van der Waals surface area contributed by atoms with Crippen LogP contribution in [0, 0.1) is 0 Å². The second-order valence-corrected chi connectivity index (χ2v) is 9.35. The van der Waals surface area contributed by atoms with Gasteiger partial charge in [0, 0.05) is 4.47 Å². The van der Waals surface area contributed by atoms with Crippen LogP contribution in [0.3, 0.4) is 0 Å². The summed E-state index contributed by atoms with van der Waals surface area (Å²) < 4.78 is 1.24. The fourth-order valence-electron chi connectivity index (χ4n) is 5.18. The second kappa shape index (κ2) is 6.21. The molecule has 0 aliphatic heterocycles. The van der Waals surface area contributed by atoms with Gasteiger partial charge in [-0.25, -0.2) is 0 Å². The van der Waals surface area contributed by atoms with E-state index in [9.17, 15) is 0 Å². The lowest BCUT2D eigenvalue weighted by atomic mass is 9.65. The van der Waals surface area contributed by atoms with E-state index in [1.807, 2.05) is 0 Å². The first-order chi connectivity index (χ1) is 13.0. The monoisotopic (exact) mass is 414 g/mol. The summed E-state index contributed by atoms with van der Waals surface area (Å²) in [4.78, 5) is 0. The first-order valence-corrected chi connectivity index (χ1v) is 10.5. The lowest BCUT2D eigenvalue weighted by molar-refractivity contribution is 0.394. The van der Waals surface area contributed by atoms with Gasteiger partial charge in [-0.1, -0.05) is 96.5 Å². The number of benzene rings is 4. The number of halogens is 1. The molecule has 0 spiro atoms. The largest absolute Gasteiger partial charge is 0.0619 e. The summed E-state index contributed by atoms with van der Waals surface area (Å²) in [6, 6.07) is 26.8. The summed E-state index contributed by atoms with van der Waals surface area (Å²) in [6.45, 7) is 4.84. The van der Waals surface area contributed by atoms with Crippen LogP contribution in [-0.4, -0.2) is 0 Å². The molecule has 1 aliphatic rings. The smallest absolute Gasteiger partial charge is 0.0210 e. The van der Waals surface area contributed by atoms with Crippen LogP contribution >= 0.6 is 15.9 Å². The Kier molecular flexibility index (Phi) is 3.91. The van der Waals surface area contributed by atoms with Gasteiger partial charge in [0.2, 0.25) is 0 Å². The molecular weight excluding hydrogens is 392 g/mol. The highest BCUT2D eigenvalue weighted by molar-refractivity contribution is 9.10. The highest BCUT2D eigenvalue weighted by atomic mass is 79.9. The van der Waals surface area contributed by atoms with E-state index in [0.717, 1.165) is 6.42 Å². The van der Waals surface area contributed by atoms with Gasteiger partial charge in [-0.15, -0.1) is 0 Å². The highest BCUT2D eigenvalue weighted by Crippen LogP contribution is 2.48. The quantitative estimate of drug-likeness (QED) is 0.279. The molecule has 5 rings (SSSR count). The van der Waals surface area contributed by atoms with E-state index < -0.39 is 0 Å². The first-order valence-electron chi connectivity index (χ1n) is 9.73. The Hall–Kier alpha value is -2.12. The van der Waals surface area contributed by atoms with Crippen LogP contribution in [-0.2, 0) is 11.8 Å². The summed E-state index contributed by atoms with van der Waals surface area (Å²) in [5.41, 5.74) is 4.65. The maximum absolute atomic E-state index is 3.78. The van der Waals surface area contributed by atoms with Crippen molar-refractivity contribution in [3.05, 3.63) is 94.0 Å². The van der Waals surface area contributed by atoms with Gasteiger partial charge < -0.3 is 0 Å². The summed E-state index contributed by atoms with van der Waals surface area (Å²) >= 11 is 3.78. The lowest BCUT2D eigenvalue weighted by Gasteiger charge is -2.39. The maximum Gasteiger partial charge on any atom is 0.0210 e. The first kappa shape index (κ1) is 17.0. The molecule has 0 amide bonds. The molecule has 1 atom stereocenters. The summed E-state index contributed by atoms with van der Waals surface area (Å²) in [6.07, 6.45) is 2.29. The van der Waals surface area contributed by atoms with E-state index in [-0.39, 0.29) is 5.41 Å². The minimum Gasteiger partial charge on any atom is -0.0619 e. The zero-order valence-electron chi connectivity index (χ0n) is 15.8. The number of fused-ring (bicyclic) bond motifs is 5. The van der Waals surface area contributed by atoms with Crippen LogP contribution < -0.4 is 0 Å². The molecule has 0 radical (unpaired) electrons. The fraction of sp³-hybridized carbons (Fsp3) is 0.231. The minimum absolute atomic E-state index is 0.148. The summed E-state index contributed by atoms with van der Waals surface area (Å²) in [5, 5.41) is 5.51. The standard InChI is InChI=1S/C26H23Br/c1-26(2)16-19(21-9-5-6-10-24(21)27)15-18-12-13-22-20-8-4-3-7-17(20)11-14-23(22)25(18)26/h3-14,19H,15-16H2,1-2H3. The minimum atomic E-state index is 0.148. The fourth-order valence-corrected chi connectivity index (χ4v) is 5.79. The molecule has 0 fully saturated rings. The molecule has 1 aliphatic carbocycles. The van der Waals surface area contributed by atoms with E-state index in [0.29, 0.717) is 5.92 Å². The van der Waals surface area contributed by atoms with Crippen molar-refractivity contribution in [1.29, 1.82) is 0 Å². The van der Waals surface area contributed by atoms with Crippen molar-refractivity contribution in [2.75, 3.05) is 0 Å². The van der Waals surface area contributed by atoms with Crippen molar-refractivity contribution < 1.29 is 0 Å². The zero-order chi connectivity index (χ0) is 18.6. The Morgan fingerprint density at radius 1 is 0.778 bits per heavy atom. The molecule has 134 valence electrons. The summed E-state index contributed by atoms with van der Waals surface area (Å²) in [7, 11) is 0. The van der Waals surface area contributed by atoms with E-state index in [1.165, 1.54) is 43.6 Å². The molecule has 0 nitrogen and oxygen atoms in total. The predicted octanol–water partition coefficient (Wildman–Crippen LogP) is 7.76. The molecule has 0 N–H and O–H groups in total. The molecule has 0 bridgehead atoms. The molecule has 1 unspecified atom stereocenters. The van der Waals surface area contributed by atoms with Crippen molar-refractivity contribution in [2.45, 2.75) is 38.0 Å². The van der Waals surface area contributed by atoms with E-state index in [2.05, 4.69) is 103 Å². The van der Waals surface area contributed by atoms with Crippen molar-refractivity contribution in [3.63, 3.8) is 0 Å². The molecule has 0 saturated carbocycles. The van der Waals surface area contributed by atoms with Gasteiger partial charge in [0.05, 0.1) is 0 Å². The lowest BCUT2D eigenvalue weighted by Crippen LogP contribution is -2.29. The van der Waals surface area contributed by atoms with Crippen LogP contribution in [0.5, 0.6) is 0 Å². The van der Waals surface area contributed by atoms with E-state index >= 15 is 0 Å². The molecule has 4 aromatic rings. The van der Waals surface area contributed by atoms with Gasteiger partial charge in [-0.3, -0.25) is 0 Å². The number of hydrogen-bond donors (Lipinski definition) is 0. The van der Waals surface area contributed by atoms with Gasteiger partial charge in [0.25, 0.3) is 0 Å². The third-order valence-corrected chi connectivity index (χ3v) is 6.98. The second-order valence-electron chi connectivity index (χ2n) is 8.49. The van der Waals surface area contributed by atoms with Gasteiger partial charge in [0.1, 0.15) is 0 Å². The number of rotatable bonds is 1. The van der Waals surface area contributed by atoms with Gasteiger partial charge in [-0.2, -0.15) is 0 Å². The zero-order valence-corrected chi connectivity index (χ0v) is 17.4. The molecule has 1 heteroatoms. The third kappa shape index (κ3) is 2.72. The van der Waals surface area contributed by atoms with Gasteiger partial charge in [-0.05, 0) is 68.5 Å². The average Bonchev–Trinajstić information content (AvgIpc) is 2.67. The Morgan fingerprint density at radius 3 is 2.37 bits per heavy atom. The Morgan fingerprint density at radius 2 is 1.52 bits per heavy atom. The average molecular weight is 415 g/mol. The Balaban J connectivity index is 1.72. The Labute approximate surface area is 169 Å². The third-order valence-electron chi connectivity index (χ3n) is 6.26. The molecule has 4 aromatic carbocycles.